The predicted octanol–water partition coefficient (Wildman–Crippen LogP) is 1.96. The summed E-state index contributed by atoms with van der Waals surface area (Å²) in [7, 11) is 1.55. The van der Waals surface area contributed by atoms with E-state index in [-0.39, 0.29) is 18.1 Å². The van der Waals surface area contributed by atoms with Gasteiger partial charge in [0.1, 0.15) is 12.4 Å². The molecule has 1 aliphatic carbocycles. The highest BCUT2D eigenvalue weighted by molar-refractivity contribution is 5.95. The Morgan fingerprint density at radius 3 is 2.76 bits per heavy atom. The van der Waals surface area contributed by atoms with E-state index in [2.05, 4.69) is 31.0 Å². The molecule has 0 aromatic heterocycles. The Kier molecular flexibility index (Phi) is 4.54. The number of methoxy groups -OCH3 is 1. The van der Waals surface area contributed by atoms with Gasteiger partial charge in [0.2, 0.25) is 0 Å². The Morgan fingerprint density at radius 2 is 2.19 bits per heavy atom. The highest BCUT2D eigenvalue weighted by Gasteiger charge is 2.38. The summed E-state index contributed by atoms with van der Waals surface area (Å²) >= 11 is 0. The van der Waals surface area contributed by atoms with Crippen LogP contribution in [0.5, 0.6) is 5.75 Å². The van der Waals surface area contributed by atoms with E-state index in [0.717, 1.165) is 0 Å². The fourth-order valence-electron chi connectivity index (χ4n) is 2.35. The number of carbonyl (C=O) groups is 1. The average molecular weight is 287 g/mol. The fourth-order valence-corrected chi connectivity index (χ4v) is 2.35. The molecule has 0 aliphatic heterocycles. The van der Waals surface area contributed by atoms with Crippen LogP contribution in [0.1, 0.15) is 42.6 Å². The second-order valence-corrected chi connectivity index (χ2v) is 5.83. The monoisotopic (exact) mass is 287 g/mol. The summed E-state index contributed by atoms with van der Waals surface area (Å²) in [6.45, 7) is 3.88. The lowest BCUT2D eigenvalue weighted by molar-refractivity contribution is 0.0903. The number of amides is 1. The van der Waals surface area contributed by atoms with Gasteiger partial charge in [-0.1, -0.05) is 11.8 Å². The van der Waals surface area contributed by atoms with E-state index in [9.17, 15) is 4.79 Å². The number of benzene rings is 1. The maximum absolute atomic E-state index is 12.4. The van der Waals surface area contributed by atoms with Crippen LogP contribution in [0, 0.1) is 17.8 Å². The Balaban J connectivity index is 2.21. The fraction of sp³-hybridized carbons (Fsp3) is 0.471. The van der Waals surface area contributed by atoms with Crippen molar-refractivity contribution >= 4 is 5.91 Å². The second-order valence-electron chi connectivity index (χ2n) is 5.83. The van der Waals surface area contributed by atoms with Crippen molar-refractivity contribution in [2.24, 2.45) is 5.92 Å². The van der Waals surface area contributed by atoms with Crippen molar-refractivity contribution < 1.29 is 14.6 Å². The van der Waals surface area contributed by atoms with Gasteiger partial charge in [-0.05, 0) is 50.8 Å². The molecule has 21 heavy (non-hydrogen) atoms. The maximum atomic E-state index is 12.4. The minimum atomic E-state index is -0.228. The van der Waals surface area contributed by atoms with E-state index >= 15 is 0 Å². The van der Waals surface area contributed by atoms with Crippen LogP contribution in [-0.2, 0) is 0 Å². The molecule has 0 atom stereocenters. The van der Waals surface area contributed by atoms with E-state index in [1.165, 1.54) is 12.8 Å². The molecule has 112 valence electrons. The zero-order valence-corrected chi connectivity index (χ0v) is 12.7. The van der Waals surface area contributed by atoms with Crippen molar-refractivity contribution in [1.82, 2.24) is 5.32 Å². The number of aliphatic hydroxyl groups excluding tert-OH is 1. The van der Waals surface area contributed by atoms with Crippen molar-refractivity contribution in [3.63, 3.8) is 0 Å². The molecule has 1 fully saturated rings. The van der Waals surface area contributed by atoms with Gasteiger partial charge in [0.05, 0.1) is 12.7 Å². The molecule has 0 unspecified atom stereocenters. The summed E-state index contributed by atoms with van der Waals surface area (Å²) in [5.74, 6) is 6.42. The quantitative estimate of drug-likeness (QED) is 0.832. The van der Waals surface area contributed by atoms with Gasteiger partial charge in [0, 0.05) is 11.1 Å². The molecular weight excluding hydrogens is 266 g/mol. The molecule has 1 aliphatic rings. The minimum absolute atomic E-state index is 0.110. The van der Waals surface area contributed by atoms with Crippen molar-refractivity contribution in [2.75, 3.05) is 13.7 Å². The van der Waals surface area contributed by atoms with Crippen LogP contribution >= 0.6 is 0 Å². The van der Waals surface area contributed by atoms with Crippen molar-refractivity contribution in [3.05, 3.63) is 29.3 Å². The first-order valence-electron chi connectivity index (χ1n) is 7.08. The van der Waals surface area contributed by atoms with E-state index < -0.39 is 0 Å². The zero-order valence-electron chi connectivity index (χ0n) is 12.7. The van der Waals surface area contributed by atoms with Gasteiger partial charge >= 0.3 is 0 Å². The van der Waals surface area contributed by atoms with Gasteiger partial charge in [-0.3, -0.25) is 4.79 Å². The van der Waals surface area contributed by atoms with Crippen molar-refractivity contribution in [2.45, 2.75) is 32.2 Å². The molecule has 0 bridgehead atoms. The molecule has 4 heteroatoms. The number of hydrogen-bond acceptors (Lipinski definition) is 3. The van der Waals surface area contributed by atoms with Gasteiger partial charge in [0.25, 0.3) is 5.91 Å². The van der Waals surface area contributed by atoms with Crippen molar-refractivity contribution in [3.8, 4) is 17.6 Å². The summed E-state index contributed by atoms with van der Waals surface area (Å²) < 4.78 is 5.21. The lowest BCUT2D eigenvalue weighted by Crippen LogP contribution is -2.45. The minimum Gasteiger partial charge on any atom is -0.495 e. The van der Waals surface area contributed by atoms with Gasteiger partial charge in [0.15, 0.2) is 0 Å². The lowest BCUT2D eigenvalue weighted by atomic mass is 9.98. The molecule has 0 spiro atoms. The van der Waals surface area contributed by atoms with E-state index in [4.69, 9.17) is 9.84 Å². The lowest BCUT2D eigenvalue weighted by Gasteiger charge is -2.26. The van der Waals surface area contributed by atoms with Crippen LogP contribution in [0.25, 0.3) is 0 Å². The molecule has 2 rings (SSSR count). The third-order valence-corrected chi connectivity index (χ3v) is 3.80. The first-order valence-corrected chi connectivity index (χ1v) is 7.08. The Hall–Kier alpha value is -1.99. The Labute approximate surface area is 125 Å². The Bertz CT molecular complexity index is 592. The Morgan fingerprint density at radius 1 is 1.48 bits per heavy atom. The maximum Gasteiger partial charge on any atom is 0.251 e. The number of hydrogen-bond donors (Lipinski definition) is 2. The smallest absolute Gasteiger partial charge is 0.251 e. The molecule has 0 heterocycles. The van der Waals surface area contributed by atoms with E-state index in [0.29, 0.717) is 22.8 Å². The van der Waals surface area contributed by atoms with Crippen LogP contribution < -0.4 is 10.1 Å². The summed E-state index contributed by atoms with van der Waals surface area (Å²) in [5.41, 5.74) is 0.962. The van der Waals surface area contributed by atoms with Crippen LogP contribution in [0.15, 0.2) is 18.2 Å². The summed E-state index contributed by atoms with van der Waals surface area (Å²) in [5, 5.41) is 11.9. The second kappa shape index (κ2) is 6.19. The summed E-state index contributed by atoms with van der Waals surface area (Å²) in [6.07, 6.45) is 2.34. The van der Waals surface area contributed by atoms with Crippen LogP contribution in [0.3, 0.4) is 0 Å². The molecule has 1 aromatic carbocycles. The topological polar surface area (TPSA) is 58.6 Å². The third kappa shape index (κ3) is 3.77. The standard InChI is InChI=1S/C17H21NO3/c1-17(2,14-7-8-14)18-16(20)13-6-9-15(21-3)12(11-13)5-4-10-19/h6,9,11,14,19H,7-8,10H2,1-3H3,(H,18,20). The summed E-state index contributed by atoms with van der Waals surface area (Å²) in [4.78, 5) is 12.4. The number of ether oxygens (including phenoxy) is 1. The van der Waals surface area contributed by atoms with Gasteiger partial charge in [-0.25, -0.2) is 0 Å². The number of nitrogens with one attached hydrogen (secondary N) is 1. The van der Waals surface area contributed by atoms with Crippen LogP contribution in [-0.4, -0.2) is 30.3 Å². The van der Waals surface area contributed by atoms with Gasteiger partial charge in [-0.15, -0.1) is 0 Å². The molecule has 4 nitrogen and oxygen atoms in total. The highest BCUT2D eigenvalue weighted by Crippen LogP contribution is 2.39. The first kappa shape index (κ1) is 15.4. The molecule has 1 amide bonds. The van der Waals surface area contributed by atoms with Crippen LogP contribution in [0.4, 0.5) is 0 Å². The van der Waals surface area contributed by atoms with E-state index in [1.54, 1.807) is 25.3 Å². The van der Waals surface area contributed by atoms with Gasteiger partial charge in [-0.2, -0.15) is 0 Å². The zero-order chi connectivity index (χ0) is 15.5. The number of aliphatic hydroxyl groups is 1. The summed E-state index contributed by atoms with van der Waals surface area (Å²) in [6, 6.07) is 5.14. The molecule has 0 radical (unpaired) electrons. The van der Waals surface area contributed by atoms with Crippen LogP contribution in [0.2, 0.25) is 0 Å². The highest BCUT2D eigenvalue weighted by atomic mass is 16.5. The normalized spacial score (nSPS) is 14.1. The molecule has 0 saturated heterocycles. The largest absolute Gasteiger partial charge is 0.495 e. The first-order chi connectivity index (χ1) is 9.97. The number of rotatable bonds is 4. The van der Waals surface area contributed by atoms with Gasteiger partial charge < -0.3 is 15.2 Å². The SMILES string of the molecule is COc1ccc(C(=O)NC(C)(C)C2CC2)cc1C#CCO. The average Bonchev–Trinajstić information content (AvgIpc) is 3.29. The van der Waals surface area contributed by atoms with Crippen molar-refractivity contribution in [1.29, 1.82) is 0 Å². The molecule has 2 N–H and O–H groups in total. The molecule has 1 aromatic rings. The molecular formula is C17H21NO3. The molecule has 1 saturated carbocycles. The number of carbonyl (C=O) groups excluding carboxylic acids is 1. The predicted molar refractivity (Wildman–Crippen MR) is 81.2 cm³/mol. The third-order valence-electron chi connectivity index (χ3n) is 3.80. The van der Waals surface area contributed by atoms with E-state index in [1.807, 2.05) is 0 Å².